The Morgan fingerprint density at radius 3 is 2.74 bits per heavy atom. The van der Waals surface area contributed by atoms with Gasteiger partial charge < -0.3 is 14.4 Å². The second-order valence-corrected chi connectivity index (χ2v) is 7.18. The number of hydrogen-bond acceptors (Lipinski definition) is 5. The van der Waals surface area contributed by atoms with Crippen LogP contribution in [0.3, 0.4) is 0 Å². The van der Waals surface area contributed by atoms with E-state index >= 15 is 0 Å². The molecule has 2 aliphatic rings. The minimum Gasteiger partial charge on any atom is -0.362 e. The highest BCUT2D eigenvalue weighted by atomic mass is 35.5. The van der Waals surface area contributed by atoms with Crippen molar-refractivity contribution in [1.82, 2.24) is 4.98 Å². The van der Waals surface area contributed by atoms with Crippen LogP contribution in [-0.2, 0) is 9.47 Å². The Balaban J connectivity index is 1.64. The van der Waals surface area contributed by atoms with Crippen molar-refractivity contribution >= 4 is 39.5 Å². The van der Waals surface area contributed by atoms with Crippen molar-refractivity contribution in [3.63, 3.8) is 0 Å². The Labute approximate surface area is 126 Å². The minimum absolute atomic E-state index is 0.350. The third-order valence-electron chi connectivity index (χ3n) is 3.66. The van der Waals surface area contributed by atoms with Crippen molar-refractivity contribution < 1.29 is 9.47 Å². The summed E-state index contributed by atoms with van der Waals surface area (Å²) in [5, 5.41) is 1.11. The number of piperidine rings is 1. The molecule has 2 aliphatic heterocycles. The molecule has 1 aromatic rings. The lowest BCUT2D eigenvalue weighted by molar-refractivity contribution is -0.192. The van der Waals surface area contributed by atoms with Crippen molar-refractivity contribution in [3.05, 3.63) is 10.7 Å². The van der Waals surface area contributed by atoms with Crippen LogP contribution in [0.2, 0.25) is 4.47 Å². The fourth-order valence-corrected chi connectivity index (χ4v) is 3.68. The van der Waals surface area contributed by atoms with E-state index in [0.29, 0.717) is 17.0 Å². The van der Waals surface area contributed by atoms with E-state index in [-0.39, 0.29) is 5.60 Å². The van der Waals surface area contributed by atoms with Crippen molar-refractivity contribution in [2.45, 2.75) is 31.2 Å². The standard InChI is InChI=1S/C12H16Cl2N2O2S/c1-11(7-13)8-17-12(18-11)2-4-16(5-3-12)9-6-15-10(14)19-9/h6H,2-5,7-8H2,1H3. The molecule has 0 aliphatic carbocycles. The molecule has 19 heavy (non-hydrogen) atoms. The average molecular weight is 323 g/mol. The van der Waals surface area contributed by atoms with Gasteiger partial charge in [0.15, 0.2) is 10.3 Å². The van der Waals surface area contributed by atoms with Gasteiger partial charge in [0.1, 0.15) is 10.6 Å². The van der Waals surface area contributed by atoms with Gasteiger partial charge in [-0.3, -0.25) is 0 Å². The number of ether oxygens (including phenoxy) is 2. The van der Waals surface area contributed by atoms with Gasteiger partial charge in [0.05, 0.1) is 18.7 Å². The monoisotopic (exact) mass is 322 g/mol. The zero-order chi connectivity index (χ0) is 13.5. The van der Waals surface area contributed by atoms with Crippen LogP contribution in [0, 0.1) is 0 Å². The Kier molecular flexibility index (Phi) is 3.69. The Hall–Kier alpha value is -0.0700. The van der Waals surface area contributed by atoms with Crippen LogP contribution in [0.15, 0.2) is 6.20 Å². The molecular weight excluding hydrogens is 307 g/mol. The number of anilines is 1. The van der Waals surface area contributed by atoms with Crippen LogP contribution >= 0.6 is 34.5 Å². The van der Waals surface area contributed by atoms with Gasteiger partial charge in [0, 0.05) is 25.9 Å². The Morgan fingerprint density at radius 2 is 2.21 bits per heavy atom. The maximum absolute atomic E-state index is 6.10. The molecule has 0 saturated carbocycles. The molecule has 7 heteroatoms. The smallest absolute Gasteiger partial charge is 0.185 e. The number of aromatic nitrogens is 1. The highest BCUT2D eigenvalue weighted by molar-refractivity contribution is 7.19. The second kappa shape index (κ2) is 5.04. The zero-order valence-corrected chi connectivity index (χ0v) is 13.0. The highest BCUT2D eigenvalue weighted by Gasteiger charge is 2.49. The van der Waals surface area contributed by atoms with Crippen molar-refractivity contribution in [2.24, 2.45) is 0 Å². The summed E-state index contributed by atoms with van der Waals surface area (Å²) < 4.78 is 12.6. The van der Waals surface area contributed by atoms with Crippen LogP contribution in [-0.4, -0.2) is 41.9 Å². The molecule has 3 rings (SSSR count). The lowest BCUT2D eigenvalue weighted by Crippen LogP contribution is -2.46. The first-order valence-corrected chi connectivity index (χ1v) is 8.04. The minimum atomic E-state index is -0.450. The van der Waals surface area contributed by atoms with Crippen LogP contribution in [0.4, 0.5) is 5.00 Å². The first-order valence-electron chi connectivity index (χ1n) is 6.31. The summed E-state index contributed by atoms with van der Waals surface area (Å²) in [6.07, 6.45) is 3.51. The summed E-state index contributed by atoms with van der Waals surface area (Å²) in [7, 11) is 0. The first kappa shape index (κ1) is 13.9. The molecule has 1 spiro atoms. The molecule has 2 fully saturated rings. The van der Waals surface area contributed by atoms with Gasteiger partial charge in [-0.1, -0.05) is 22.9 Å². The van der Waals surface area contributed by atoms with Crippen LogP contribution in [0.5, 0.6) is 0 Å². The summed E-state index contributed by atoms with van der Waals surface area (Å²) >= 11 is 13.3. The molecular formula is C12H16Cl2N2O2S. The summed E-state index contributed by atoms with van der Waals surface area (Å²) in [4.78, 5) is 6.36. The van der Waals surface area contributed by atoms with Gasteiger partial charge in [-0.05, 0) is 6.92 Å². The Morgan fingerprint density at radius 1 is 1.47 bits per heavy atom. The first-order chi connectivity index (χ1) is 9.04. The highest BCUT2D eigenvalue weighted by Crippen LogP contribution is 2.41. The molecule has 4 nitrogen and oxygen atoms in total. The third-order valence-corrected chi connectivity index (χ3v) is 5.40. The number of thiazole rings is 1. The van der Waals surface area contributed by atoms with Gasteiger partial charge in [-0.15, -0.1) is 11.6 Å². The molecule has 1 aromatic heterocycles. The quantitative estimate of drug-likeness (QED) is 0.783. The van der Waals surface area contributed by atoms with Gasteiger partial charge in [0.25, 0.3) is 0 Å². The normalized spacial score (nSPS) is 30.2. The predicted octanol–water partition coefficient (Wildman–Crippen LogP) is 3.14. The van der Waals surface area contributed by atoms with E-state index in [1.807, 2.05) is 13.1 Å². The topological polar surface area (TPSA) is 34.6 Å². The van der Waals surface area contributed by atoms with Crippen LogP contribution < -0.4 is 4.90 Å². The lowest BCUT2D eigenvalue weighted by atomic mass is 10.0. The number of alkyl halides is 1. The molecule has 2 saturated heterocycles. The predicted molar refractivity (Wildman–Crippen MR) is 77.5 cm³/mol. The lowest BCUT2D eigenvalue weighted by Gasteiger charge is -2.39. The van der Waals surface area contributed by atoms with E-state index in [2.05, 4.69) is 9.88 Å². The maximum atomic E-state index is 6.10. The van der Waals surface area contributed by atoms with E-state index in [1.165, 1.54) is 11.3 Å². The Bertz CT molecular complexity index is 462. The number of nitrogens with zero attached hydrogens (tertiary/aromatic N) is 2. The summed E-state index contributed by atoms with van der Waals surface area (Å²) in [5.41, 5.74) is -0.350. The van der Waals surface area contributed by atoms with Gasteiger partial charge >= 0.3 is 0 Å². The molecule has 106 valence electrons. The number of hydrogen-bond donors (Lipinski definition) is 0. The van der Waals surface area contributed by atoms with E-state index in [4.69, 9.17) is 32.7 Å². The summed E-state index contributed by atoms with van der Waals surface area (Å²) in [6, 6.07) is 0. The molecule has 0 amide bonds. The van der Waals surface area contributed by atoms with Gasteiger partial charge in [-0.2, -0.15) is 0 Å². The largest absolute Gasteiger partial charge is 0.362 e. The molecule has 0 bridgehead atoms. The van der Waals surface area contributed by atoms with E-state index in [0.717, 1.165) is 30.9 Å². The second-order valence-electron chi connectivity index (χ2n) is 5.32. The molecule has 1 atom stereocenters. The molecule has 0 N–H and O–H groups in total. The SMILES string of the molecule is CC1(CCl)COC2(CCN(c3cnc(Cl)s3)CC2)O1. The number of halogens is 2. The van der Waals surface area contributed by atoms with E-state index < -0.39 is 5.79 Å². The van der Waals surface area contributed by atoms with Gasteiger partial charge in [0.2, 0.25) is 0 Å². The average Bonchev–Trinajstić information content (AvgIpc) is 2.97. The van der Waals surface area contributed by atoms with Crippen molar-refractivity contribution in [3.8, 4) is 0 Å². The number of rotatable bonds is 2. The molecule has 0 aromatic carbocycles. The molecule has 1 unspecified atom stereocenters. The fraction of sp³-hybridized carbons (Fsp3) is 0.750. The van der Waals surface area contributed by atoms with Crippen LogP contribution in [0.1, 0.15) is 19.8 Å². The molecule has 0 radical (unpaired) electrons. The van der Waals surface area contributed by atoms with Crippen molar-refractivity contribution in [2.75, 3.05) is 30.5 Å². The maximum Gasteiger partial charge on any atom is 0.185 e. The van der Waals surface area contributed by atoms with E-state index in [9.17, 15) is 0 Å². The zero-order valence-electron chi connectivity index (χ0n) is 10.7. The van der Waals surface area contributed by atoms with Crippen LogP contribution in [0.25, 0.3) is 0 Å². The summed E-state index contributed by atoms with van der Waals surface area (Å²) in [6.45, 7) is 4.35. The summed E-state index contributed by atoms with van der Waals surface area (Å²) in [5.74, 6) is 0.0114. The van der Waals surface area contributed by atoms with E-state index in [1.54, 1.807) is 0 Å². The third kappa shape index (κ3) is 2.72. The van der Waals surface area contributed by atoms with Gasteiger partial charge in [-0.25, -0.2) is 4.98 Å². The van der Waals surface area contributed by atoms with Crippen molar-refractivity contribution in [1.29, 1.82) is 0 Å². The molecule has 3 heterocycles. The fourth-order valence-electron chi connectivity index (χ4n) is 2.56.